The molecule has 0 aromatic rings. The van der Waals surface area contributed by atoms with Gasteiger partial charge in [-0.1, -0.05) is 25.0 Å². The highest BCUT2D eigenvalue weighted by atomic mass is 16.5. The van der Waals surface area contributed by atoms with Crippen molar-refractivity contribution in [1.29, 1.82) is 0 Å². The minimum absolute atomic E-state index is 0.0333. The topological polar surface area (TPSA) is 52.6 Å². The van der Waals surface area contributed by atoms with E-state index in [9.17, 15) is 9.59 Å². The number of esters is 2. The van der Waals surface area contributed by atoms with Gasteiger partial charge in [0.15, 0.2) is 0 Å². The molecular weight excluding hydrogens is 340 g/mol. The number of hydrogen-bond donors (Lipinski definition) is 0. The average Bonchev–Trinajstić information content (AvgIpc) is 2.91. The summed E-state index contributed by atoms with van der Waals surface area (Å²) in [6, 6.07) is 0. The van der Waals surface area contributed by atoms with Crippen molar-refractivity contribution in [2.45, 2.75) is 84.3 Å². The van der Waals surface area contributed by atoms with Gasteiger partial charge in [-0.15, -0.1) is 5.92 Å². The maximum atomic E-state index is 11.5. The highest BCUT2D eigenvalue weighted by Crippen LogP contribution is 2.59. The van der Waals surface area contributed by atoms with E-state index in [0.717, 1.165) is 44.9 Å². The summed E-state index contributed by atoms with van der Waals surface area (Å²) < 4.78 is 11.1. The van der Waals surface area contributed by atoms with Crippen LogP contribution in [0.15, 0.2) is 12.2 Å². The van der Waals surface area contributed by atoms with Gasteiger partial charge in [0.1, 0.15) is 12.2 Å². The van der Waals surface area contributed by atoms with E-state index in [1.807, 2.05) is 0 Å². The van der Waals surface area contributed by atoms with E-state index in [-0.39, 0.29) is 29.6 Å². The molecule has 0 aliphatic heterocycles. The highest BCUT2D eigenvalue weighted by Gasteiger charge is 2.55. The Labute approximate surface area is 163 Å². The molecule has 0 heterocycles. The van der Waals surface area contributed by atoms with Crippen LogP contribution in [0.5, 0.6) is 0 Å². The van der Waals surface area contributed by atoms with Gasteiger partial charge >= 0.3 is 11.9 Å². The standard InChI is InChI=1S/C23H32O4/c1-15-9-10-18(26-16(2)24)7-5-6-8-20-19(15)13-14-23(4)21(20)11-12-22(23)27-17(3)25/h18-22H,1,7-14H2,2-4H3/t18-,19-,20-,21+,22+,23+/m1/s1. The van der Waals surface area contributed by atoms with Gasteiger partial charge in [-0.05, 0) is 56.3 Å². The molecule has 0 saturated heterocycles. The Morgan fingerprint density at radius 2 is 1.74 bits per heavy atom. The molecule has 0 N–H and O–H groups in total. The van der Waals surface area contributed by atoms with Crippen molar-refractivity contribution < 1.29 is 19.1 Å². The van der Waals surface area contributed by atoms with Crippen LogP contribution in [-0.2, 0) is 19.1 Å². The van der Waals surface area contributed by atoms with Crippen LogP contribution in [0.25, 0.3) is 0 Å². The van der Waals surface area contributed by atoms with Gasteiger partial charge in [0.05, 0.1) is 0 Å². The molecule has 3 rings (SSSR count). The molecule has 0 spiro atoms. The zero-order valence-corrected chi connectivity index (χ0v) is 16.9. The number of carbonyl (C=O) groups excluding carboxylic acids is 2. The normalized spacial score (nSPS) is 38.6. The van der Waals surface area contributed by atoms with E-state index < -0.39 is 0 Å². The molecule has 0 aromatic heterocycles. The molecule has 2 fully saturated rings. The van der Waals surface area contributed by atoms with Crippen molar-refractivity contribution in [3.63, 3.8) is 0 Å². The van der Waals surface area contributed by atoms with Crippen molar-refractivity contribution >= 4 is 11.9 Å². The van der Waals surface area contributed by atoms with Crippen LogP contribution < -0.4 is 0 Å². The van der Waals surface area contributed by atoms with Crippen molar-refractivity contribution in [1.82, 2.24) is 0 Å². The van der Waals surface area contributed by atoms with E-state index >= 15 is 0 Å². The number of carbonyl (C=O) groups is 2. The Morgan fingerprint density at radius 1 is 1.04 bits per heavy atom. The maximum absolute atomic E-state index is 11.5. The third kappa shape index (κ3) is 4.23. The molecule has 0 amide bonds. The average molecular weight is 373 g/mol. The summed E-state index contributed by atoms with van der Waals surface area (Å²) in [5, 5.41) is 0. The lowest BCUT2D eigenvalue weighted by atomic mass is 9.57. The second-order valence-electron chi connectivity index (χ2n) is 8.79. The summed E-state index contributed by atoms with van der Waals surface area (Å²) in [5.74, 6) is 7.68. The monoisotopic (exact) mass is 372 g/mol. The van der Waals surface area contributed by atoms with Gasteiger partial charge in [0.2, 0.25) is 0 Å². The van der Waals surface area contributed by atoms with Crippen LogP contribution in [0.1, 0.15) is 72.1 Å². The summed E-state index contributed by atoms with van der Waals surface area (Å²) >= 11 is 0. The minimum Gasteiger partial charge on any atom is -0.462 e. The smallest absolute Gasteiger partial charge is 0.302 e. The summed E-state index contributed by atoms with van der Waals surface area (Å²) in [6.45, 7) is 9.69. The van der Waals surface area contributed by atoms with Crippen LogP contribution in [-0.4, -0.2) is 24.1 Å². The van der Waals surface area contributed by atoms with E-state index in [4.69, 9.17) is 9.47 Å². The first-order chi connectivity index (χ1) is 12.8. The molecule has 0 unspecified atom stereocenters. The molecule has 0 bridgehead atoms. The number of allylic oxidation sites excluding steroid dienone is 1. The number of hydrogen-bond acceptors (Lipinski definition) is 4. The van der Waals surface area contributed by atoms with Crippen LogP contribution in [0.3, 0.4) is 0 Å². The molecular formula is C23H32O4. The molecule has 2 saturated carbocycles. The van der Waals surface area contributed by atoms with E-state index in [1.165, 1.54) is 19.4 Å². The fourth-order valence-corrected chi connectivity index (χ4v) is 5.77. The van der Waals surface area contributed by atoms with Crippen LogP contribution in [0.4, 0.5) is 0 Å². The predicted molar refractivity (Wildman–Crippen MR) is 104 cm³/mol. The Balaban J connectivity index is 1.79. The van der Waals surface area contributed by atoms with Gasteiger partial charge in [0, 0.05) is 32.1 Å². The molecule has 4 heteroatoms. The minimum atomic E-state index is -0.238. The number of ether oxygens (including phenoxy) is 2. The highest BCUT2D eigenvalue weighted by molar-refractivity contribution is 5.66. The molecule has 0 radical (unpaired) electrons. The second-order valence-corrected chi connectivity index (χ2v) is 8.79. The van der Waals surface area contributed by atoms with Crippen molar-refractivity contribution in [3.8, 4) is 11.8 Å². The van der Waals surface area contributed by atoms with E-state index in [2.05, 4.69) is 25.3 Å². The van der Waals surface area contributed by atoms with Crippen molar-refractivity contribution in [2.24, 2.45) is 23.2 Å². The van der Waals surface area contributed by atoms with Gasteiger partial charge in [-0.3, -0.25) is 9.59 Å². The first-order valence-corrected chi connectivity index (χ1v) is 10.3. The van der Waals surface area contributed by atoms with Gasteiger partial charge in [-0.25, -0.2) is 0 Å². The maximum Gasteiger partial charge on any atom is 0.302 e. The third-order valence-electron chi connectivity index (χ3n) is 7.10. The van der Waals surface area contributed by atoms with Gasteiger partial charge in [0.25, 0.3) is 0 Å². The first kappa shape index (κ1) is 20.0. The summed E-state index contributed by atoms with van der Waals surface area (Å²) in [4.78, 5) is 22.9. The van der Waals surface area contributed by atoms with E-state index in [1.54, 1.807) is 0 Å². The first-order valence-electron chi connectivity index (χ1n) is 10.3. The van der Waals surface area contributed by atoms with Crippen LogP contribution in [0, 0.1) is 35.0 Å². The fourth-order valence-electron chi connectivity index (χ4n) is 5.77. The van der Waals surface area contributed by atoms with Gasteiger partial charge < -0.3 is 9.47 Å². The molecule has 27 heavy (non-hydrogen) atoms. The molecule has 0 aromatic carbocycles. The lowest BCUT2D eigenvalue weighted by molar-refractivity contribution is -0.155. The quantitative estimate of drug-likeness (QED) is 0.409. The summed E-state index contributed by atoms with van der Waals surface area (Å²) in [7, 11) is 0. The lowest BCUT2D eigenvalue weighted by Gasteiger charge is -2.48. The Kier molecular flexibility index (Phi) is 5.99. The SMILES string of the molecule is C=C1CC[C@H](OC(C)=O)CC#CC[C@@H]2[C@@H]1CC[C@]1(C)[C@@H](OC(C)=O)CC[C@@H]21. The third-order valence-corrected chi connectivity index (χ3v) is 7.10. The molecule has 148 valence electrons. The molecule has 6 atom stereocenters. The van der Waals surface area contributed by atoms with Gasteiger partial charge in [-0.2, -0.15) is 0 Å². The number of fused-ring (bicyclic) bond motifs is 3. The zero-order valence-electron chi connectivity index (χ0n) is 16.9. The van der Waals surface area contributed by atoms with Crippen molar-refractivity contribution in [2.75, 3.05) is 0 Å². The second kappa shape index (κ2) is 8.09. The van der Waals surface area contributed by atoms with Crippen molar-refractivity contribution in [3.05, 3.63) is 12.2 Å². The largest absolute Gasteiger partial charge is 0.462 e. The predicted octanol–water partition coefficient (Wildman–Crippen LogP) is 4.43. The van der Waals surface area contributed by atoms with E-state index in [0.29, 0.717) is 24.2 Å². The van der Waals surface area contributed by atoms with Crippen LogP contribution >= 0.6 is 0 Å². The van der Waals surface area contributed by atoms with Crippen LogP contribution in [0.2, 0.25) is 0 Å². The Morgan fingerprint density at radius 3 is 2.44 bits per heavy atom. The Hall–Kier alpha value is -1.76. The number of rotatable bonds is 2. The fraction of sp³-hybridized carbons (Fsp3) is 0.739. The molecule has 4 nitrogen and oxygen atoms in total. The zero-order chi connectivity index (χ0) is 19.6. The molecule has 3 aliphatic rings. The molecule has 3 aliphatic carbocycles. The summed E-state index contributed by atoms with van der Waals surface area (Å²) in [6.07, 6.45) is 7.24. The lowest BCUT2D eigenvalue weighted by Crippen LogP contribution is -2.44. The summed E-state index contributed by atoms with van der Waals surface area (Å²) in [5.41, 5.74) is 1.33. The Bertz CT molecular complexity index is 670.